The molecule has 1 amide bonds. The van der Waals surface area contributed by atoms with Crippen LogP contribution in [0, 0.1) is 6.92 Å². The van der Waals surface area contributed by atoms with Gasteiger partial charge in [-0.2, -0.15) is 0 Å². The van der Waals surface area contributed by atoms with Crippen molar-refractivity contribution in [3.63, 3.8) is 0 Å². The summed E-state index contributed by atoms with van der Waals surface area (Å²) in [4.78, 5) is 19.8. The first-order valence-corrected chi connectivity index (χ1v) is 5.58. The van der Waals surface area contributed by atoms with E-state index < -0.39 is 0 Å². The molecule has 2 heterocycles. The van der Waals surface area contributed by atoms with Crippen LogP contribution in [-0.4, -0.2) is 15.9 Å². The van der Waals surface area contributed by atoms with Crippen molar-refractivity contribution in [3.05, 3.63) is 46.9 Å². The molecule has 0 radical (unpaired) electrons. The Hall–Kier alpha value is -2.14. The van der Waals surface area contributed by atoms with Crippen LogP contribution in [0.25, 0.3) is 0 Å². The molecule has 0 bridgehead atoms. The molecule has 18 heavy (non-hydrogen) atoms. The summed E-state index contributed by atoms with van der Waals surface area (Å²) in [7, 11) is 0. The van der Waals surface area contributed by atoms with Crippen molar-refractivity contribution in [1.29, 1.82) is 0 Å². The molecule has 0 spiro atoms. The van der Waals surface area contributed by atoms with E-state index in [1.54, 1.807) is 18.5 Å². The van der Waals surface area contributed by atoms with E-state index >= 15 is 0 Å². The zero-order chi connectivity index (χ0) is 13.1. The van der Waals surface area contributed by atoms with Gasteiger partial charge in [0.2, 0.25) is 0 Å². The lowest BCUT2D eigenvalue weighted by molar-refractivity contribution is 0.102. The molecular weight excluding hydrogens is 252 g/mol. The zero-order valence-corrected chi connectivity index (χ0v) is 10.4. The van der Waals surface area contributed by atoms with Gasteiger partial charge in [-0.05, 0) is 24.6 Å². The van der Waals surface area contributed by atoms with Crippen molar-refractivity contribution in [2.75, 3.05) is 11.1 Å². The van der Waals surface area contributed by atoms with E-state index in [-0.39, 0.29) is 22.3 Å². The summed E-state index contributed by atoms with van der Waals surface area (Å²) >= 11 is 5.90. The first-order valence-electron chi connectivity index (χ1n) is 5.21. The molecule has 2 aromatic rings. The Morgan fingerprint density at radius 1 is 1.44 bits per heavy atom. The van der Waals surface area contributed by atoms with Gasteiger partial charge in [0, 0.05) is 12.4 Å². The van der Waals surface area contributed by atoms with E-state index in [0.29, 0.717) is 5.69 Å². The largest absolute Gasteiger partial charge is 0.384 e. The SMILES string of the molecule is Cc1ccncc1NC(=O)c1cc(N)ncc1Cl. The number of carbonyl (C=O) groups excluding carboxylic acids is 1. The number of anilines is 2. The average Bonchev–Trinajstić information content (AvgIpc) is 2.35. The second-order valence-corrected chi connectivity index (χ2v) is 4.14. The minimum atomic E-state index is -0.342. The number of aryl methyl sites for hydroxylation is 1. The van der Waals surface area contributed by atoms with Gasteiger partial charge in [0.1, 0.15) is 5.82 Å². The van der Waals surface area contributed by atoms with Gasteiger partial charge in [-0.1, -0.05) is 11.6 Å². The smallest absolute Gasteiger partial charge is 0.257 e. The minimum Gasteiger partial charge on any atom is -0.384 e. The third-order valence-electron chi connectivity index (χ3n) is 2.41. The van der Waals surface area contributed by atoms with Gasteiger partial charge in [-0.15, -0.1) is 0 Å². The maximum Gasteiger partial charge on any atom is 0.257 e. The maximum atomic E-state index is 12.0. The first-order chi connectivity index (χ1) is 8.58. The van der Waals surface area contributed by atoms with Crippen molar-refractivity contribution in [3.8, 4) is 0 Å². The molecule has 0 aliphatic rings. The van der Waals surface area contributed by atoms with Crippen LogP contribution >= 0.6 is 11.6 Å². The van der Waals surface area contributed by atoms with Crippen LogP contribution in [0.2, 0.25) is 5.02 Å². The fourth-order valence-electron chi connectivity index (χ4n) is 1.41. The van der Waals surface area contributed by atoms with E-state index in [9.17, 15) is 4.79 Å². The fraction of sp³-hybridized carbons (Fsp3) is 0.0833. The Balaban J connectivity index is 2.28. The minimum absolute atomic E-state index is 0.243. The van der Waals surface area contributed by atoms with Gasteiger partial charge in [0.05, 0.1) is 22.5 Å². The summed E-state index contributed by atoms with van der Waals surface area (Å²) in [5.41, 5.74) is 7.36. The Labute approximate surface area is 109 Å². The van der Waals surface area contributed by atoms with E-state index in [0.717, 1.165) is 5.56 Å². The summed E-state index contributed by atoms with van der Waals surface area (Å²) in [5.74, 6) is -0.0994. The van der Waals surface area contributed by atoms with Crippen molar-refractivity contribution < 1.29 is 4.79 Å². The number of pyridine rings is 2. The molecule has 0 aromatic carbocycles. The van der Waals surface area contributed by atoms with Gasteiger partial charge in [-0.3, -0.25) is 9.78 Å². The second kappa shape index (κ2) is 5.01. The average molecular weight is 263 g/mol. The molecule has 0 atom stereocenters. The highest BCUT2D eigenvalue weighted by atomic mass is 35.5. The van der Waals surface area contributed by atoms with Crippen molar-refractivity contribution >= 4 is 29.0 Å². The topological polar surface area (TPSA) is 80.9 Å². The predicted molar refractivity (Wildman–Crippen MR) is 70.6 cm³/mol. The lowest BCUT2D eigenvalue weighted by atomic mass is 10.2. The molecule has 0 aliphatic carbocycles. The van der Waals surface area contributed by atoms with E-state index in [1.807, 2.05) is 6.92 Å². The number of nitrogens with zero attached hydrogens (tertiary/aromatic N) is 2. The van der Waals surface area contributed by atoms with Crippen LogP contribution in [0.15, 0.2) is 30.7 Å². The number of halogens is 1. The zero-order valence-electron chi connectivity index (χ0n) is 9.64. The van der Waals surface area contributed by atoms with Crippen LogP contribution in [0.4, 0.5) is 11.5 Å². The molecule has 2 aromatic heterocycles. The summed E-state index contributed by atoms with van der Waals surface area (Å²) < 4.78 is 0. The highest BCUT2D eigenvalue weighted by Crippen LogP contribution is 2.19. The number of nitrogens with two attached hydrogens (primary N) is 1. The van der Waals surface area contributed by atoms with Crippen molar-refractivity contribution in [1.82, 2.24) is 9.97 Å². The van der Waals surface area contributed by atoms with Crippen molar-refractivity contribution in [2.24, 2.45) is 0 Å². The van der Waals surface area contributed by atoms with Crippen LogP contribution in [0.1, 0.15) is 15.9 Å². The standard InChI is InChI=1S/C12H11ClN4O/c1-7-2-3-15-6-10(7)17-12(18)8-4-11(14)16-5-9(8)13/h2-6H,1H3,(H2,14,16)(H,17,18). The number of amides is 1. The summed E-state index contributed by atoms with van der Waals surface area (Å²) in [6, 6.07) is 3.24. The summed E-state index contributed by atoms with van der Waals surface area (Å²) in [6.07, 6.45) is 4.58. The molecule has 92 valence electrons. The van der Waals surface area contributed by atoms with E-state index in [2.05, 4.69) is 15.3 Å². The van der Waals surface area contributed by atoms with Crippen LogP contribution in [0.3, 0.4) is 0 Å². The van der Waals surface area contributed by atoms with Crippen molar-refractivity contribution in [2.45, 2.75) is 6.92 Å². The quantitative estimate of drug-likeness (QED) is 0.870. The number of nitrogen functional groups attached to an aromatic ring is 1. The Bertz CT molecular complexity index is 600. The highest BCUT2D eigenvalue weighted by Gasteiger charge is 2.12. The molecule has 0 aliphatic heterocycles. The monoisotopic (exact) mass is 262 g/mol. The van der Waals surface area contributed by atoms with Gasteiger partial charge >= 0.3 is 0 Å². The molecular formula is C12H11ClN4O. The second-order valence-electron chi connectivity index (χ2n) is 3.73. The normalized spacial score (nSPS) is 10.1. The number of nitrogens with one attached hydrogen (secondary N) is 1. The van der Waals surface area contributed by atoms with E-state index in [1.165, 1.54) is 12.3 Å². The number of hydrogen-bond donors (Lipinski definition) is 2. The third kappa shape index (κ3) is 2.57. The number of hydrogen-bond acceptors (Lipinski definition) is 4. The lowest BCUT2D eigenvalue weighted by Crippen LogP contribution is -2.14. The maximum absolute atomic E-state index is 12.0. The molecule has 3 N–H and O–H groups in total. The molecule has 0 saturated heterocycles. The van der Waals surface area contributed by atoms with Crippen LogP contribution in [0.5, 0.6) is 0 Å². The summed E-state index contributed by atoms with van der Waals surface area (Å²) in [5, 5.41) is 2.98. The molecule has 2 rings (SSSR count). The Morgan fingerprint density at radius 3 is 2.94 bits per heavy atom. The van der Waals surface area contributed by atoms with Crippen LogP contribution < -0.4 is 11.1 Å². The molecule has 0 fully saturated rings. The molecule has 6 heteroatoms. The first kappa shape index (κ1) is 12.3. The van der Waals surface area contributed by atoms with E-state index in [4.69, 9.17) is 17.3 Å². The lowest BCUT2D eigenvalue weighted by Gasteiger charge is -2.08. The van der Waals surface area contributed by atoms with Gasteiger partial charge in [0.25, 0.3) is 5.91 Å². The number of aromatic nitrogens is 2. The Morgan fingerprint density at radius 2 is 2.22 bits per heavy atom. The third-order valence-corrected chi connectivity index (χ3v) is 2.71. The van der Waals surface area contributed by atoms with Gasteiger partial charge in [-0.25, -0.2) is 4.98 Å². The number of carbonyl (C=O) groups is 1. The number of rotatable bonds is 2. The highest BCUT2D eigenvalue weighted by molar-refractivity contribution is 6.34. The molecule has 5 nitrogen and oxygen atoms in total. The summed E-state index contributed by atoms with van der Waals surface area (Å²) in [6.45, 7) is 1.87. The van der Waals surface area contributed by atoms with Crippen LogP contribution in [-0.2, 0) is 0 Å². The van der Waals surface area contributed by atoms with Gasteiger partial charge < -0.3 is 11.1 Å². The fourth-order valence-corrected chi connectivity index (χ4v) is 1.60. The molecule has 0 unspecified atom stereocenters. The molecule has 0 saturated carbocycles. The van der Waals surface area contributed by atoms with Gasteiger partial charge in [0.15, 0.2) is 0 Å². The predicted octanol–water partition coefficient (Wildman–Crippen LogP) is 2.27. The Kier molecular flexibility index (Phi) is 3.43.